The molecule has 0 spiro atoms. The third kappa shape index (κ3) is 2.48. The van der Waals surface area contributed by atoms with Gasteiger partial charge in [0.05, 0.1) is 5.02 Å². The van der Waals surface area contributed by atoms with E-state index in [2.05, 4.69) is 0 Å². The maximum atomic E-state index is 13.1. The van der Waals surface area contributed by atoms with Gasteiger partial charge in [0.15, 0.2) is 0 Å². The van der Waals surface area contributed by atoms with E-state index < -0.39 is 5.82 Å². The van der Waals surface area contributed by atoms with Crippen molar-refractivity contribution in [1.82, 2.24) is 0 Å². The maximum Gasteiger partial charge on any atom is 0.141 e. The number of hydrogen-bond acceptors (Lipinski definition) is 1. The highest BCUT2D eigenvalue weighted by Crippen LogP contribution is 2.29. The maximum absolute atomic E-state index is 13.1. The molecule has 0 heterocycles. The van der Waals surface area contributed by atoms with Crippen molar-refractivity contribution < 1.29 is 4.39 Å². The number of benzene rings is 2. The lowest BCUT2D eigenvalue weighted by atomic mass is 9.96. The number of nitrogens with two attached hydrogens (primary N) is 1. The van der Waals surface area contributed by atoms with E-state index in [0.29, 0.717) is 0 Å². The van der Waals surface area contributed by atoms with Crippen LogP contribution in [0.15, 0.2) is 42.5 Å². The van der Waals surface area contributed by atoms with Gasteiger partial charge in [-0.1, -0.05) is 41.9 Å². The summed E-state index contributed by atoms with van der Waals surface area (Å²) in [6.07, 6.45) is 0. The summed E-state index contributed by atoms with van der Waals surface area (Å²) in [6.45, 7) is 1.92. The summed E-state index contributed by atoms with van der Waals surface area (Å²) in [7, 11) is 0. The third-order valence-corrected chi connectivity index (χ3v) is 2.97. The molecule has 0 aliphatic rings. The molecule has 88 valence electrons. The zero-order chi connectivity index (χ0) is 12.4. The molecule has 2 aromatic rings. The van der Waals surface area contributed by atoms with Crippen LogP contribution in [0, 0.1) is 5.82 Å². The second-order valence-corrected chi connectivity index (χ2v) is 4.41. The van der Waals surface area contributed by atoms with E-state index in [1.54, 1.807) is 12.1 Å². The van der Waals surface area contributed by atoms with Gasteiger partial charge in [-0.25, -0.2) is 4.39 Å². The zero-order valence-electron chi connectivity index (χ0n) is 9.45. The highest BCUT2D eigenvalue weighted by Gasteiger charge is 2.09. The zero-order valence-corrected chi connectivity index (χ0v) is 10.2. The van der Waals surface area contributed by atoms with Gasteiger partial charge in [0.2, 0.25) is 0 Å². The van der Waals surface area contributed by atoms with Gasteiger partial charge < -0.3 is 5.73 Å². The lowest BCUT2D eigenvalue weighted by molar-refractivity contribution is 0.628. The van der Waals surface area contributed by atoms with Gasteiger partial charge in [-0.2, -0.15) is 0 Å². The Balaban J connectivity index is 2.56. The number of rotatable bonds is 2. The Hall–Kier alpha value is -1.38. The van der Waals surface area contributed by atoms with Crippen LogP contribution in [0.2, 0.25) is 5.02 Å². The summed E-state index contributed by atoms with van der Waals surface area (Å²) in [4.78, 5) is 0. The van der Waals surface area contributed by atoms with Crippen molar-refractivity contribution in [2.75, 3.05) is 0 Å². The van der Waals surface area contributed by atoms with E-state index in [1.165, 1.54) is 6.07 Å². The minimum Gasteiger partial charge on any atom is -0.324 e. The minimum absolute atomic E-state index is 0.0740. The van der Waals surface area contributed by atoms with E-state index in [4.69, 9.17) is 17.3 Å². The fraction of sp³-hybridized carbons (Fsp3) is 0.143. The normalized spacial score (nSPS) is 12.5. The second-order valence-electron chi connectivity index (χ2n) is 4.00. The molecule has 0 aromatic heterocycles. The molecule has 0 aliphatic carbocycles. The van der Waals surface area contributed by atoms with Crippen LogP contribution in [0.3, 0.4) is 0 Å². The summed E-state index contributed by atoms with van der Waals surface area (Å²) in [5.74, 6) is -0.409. The summed E-state index contributed by atoms with van der Waals surface area (Å²) in [5, 5.41) is 0.127. The van der Waals surface area contributed by atoms with Gasteiger partial charge in [-0.15, -0.1) is 0 Å². The molecule has 1 unspecified atom stereocenters. The Labute approximate surface area is 105 Å². The molecule has 3 heteroatoms. The Morgan fingerprint density at radius 2 is 1.88 bits per heavy atom. The molecule has 0 amide bonds. The molecule has 0 saturated heterocycles. The van der Waals surface area contributed by atoms with Crippen molar-refractivity contribution >= 4 is 11.6 Å². The van der Waals surface area contributed by atoms with Gasteiger partial charge >= 0.3 is 0 Å². The van der Waals surface area contributed by atoms with E-state index in [1.807, 2.05) is 31.2 Å². The molecular formula is C14H13ClFN. The van der Waals surface area contributed by atoms with Crippen molar-refractivity contribution in [3.63, 3.8) is 0 Å². The quantitative estimate of drug-likeness (QED) is 0.850. The van der Waals surface area contributed by atoms with Gasteiger partial charge in [0, 0.05) is 6.04 Å². The van der Waals surface area contributed by atoms with Crippen LogP contribution in [-0.4, -0.2) is 0 Å². The fourth-order valence-electron chi connectivity index (χ4n) is 1.82. The molecular weight excluding hydrogens is 237 g/mol. The molecule has 0 saturated carbocycles. The molecule has 17 heavy (non-hydrogen) atoms. The topological polar surface area (TPSA) is 26.0 Å². The van der Waals surface area contributed by atoms with Crippen LogP contribution in [0.25, 0.3) is 11.1 Å². The molecule has 0 fully saturated rings. The van der Waals surface area contributed by atoms with E-state index in [0.717, 1.165) is 16.7 Å². The van der Waals surface area contributed by atoms with E-state index in [-0.39, 0.29) is 11.1 Å². The first-order valence-electron chi connectivity index (χ1n) is 5.39. The predicted molar refractivity (Wildman–Crippen MR) is 69.4 cm³/mol. The molecule has 2 rings (SSSR count). The standard InChI is InChI=1S/C14H13ClFN/c1-9(17)11-4-2-3-5-12(11)10-6-7-14(16)13(15)8-10/h2-9H,17H2,1H3. The molecule has 2 N–H and O–H groups in total. The first kappa shape index (κ1) is 12.1. The van der Waals surface area contributed by atoms with Gasteiger partial charge in [-0.3, -0.25) is 0 Å². The number of halogens is 2. The van der Waals surface area contributed by atoms with Gasteiger partial charge in [-0.05, 0) is 35.7 Å². The van der Waals surface area contributed by atoms with Gasteiger partial charge in [0.1, 0.15) is 5.82 Å². The van der Waals surface area contributed by atoms with Crippen molar-refractivity contribution in [2.24, 2.45) is 5.73 Å². The van der Waals surface area contributed by atoms with Crippen LogP contribution < -0.4 is 5.73 Å². The summed E-state index contributed by atoms with van der Waals surface area (Å²) in [5.41, 5.74) is 8.81. The van der Waals surface area contributed by atoms with Crippen molar-refractivity contribution in [2.45, 2.75) is 13.0 Å². The highest BCUT2D eigenvalue weighted by atomic mass is 35.5. The summed E-state index contributed by atoms with van der Waals surface area (Å²) in [6, 6.07) is 12.4. The average Bonchev–Trinajstić information content (AvgIpc) is 2.32. The summed E-state index contributed by atoms with van der Waals surface area (Å²) < 4.78 is 13.1. The Bertz CT molecular complexity index is 537. The van der Waals surface area contributed by atoms with E-state index >= 15 is 0 Å². The predicted octanol–water partition coefficient (Wildman–Crippen LogP) is 4.17. The minimum atomic E-state index is -0.409. The molecule has 0 bridgehead atoms. The largest absolute Gasteiger partial charge is 0.324 e. The Morgan fingerprint density at radius 3 is 2.53 bits per heavy atom. The highest BCUT2D eigenvalue weighted by molar-refractivity contribution is 6.31. The first-order chi connectivity index (χ1) is 8.09. The fourth-order valence-corrected chi connectivity index (χ4v) is 2.00. The molecule has 0 radical (unpaired) electrons. The molecule has 1 atom stereocenters. The van der Waals surface area contributed by atoms with E-state index in [9.17, 15) is 4.39 Å². The molecule has 1 nitrogen and oxygen atoms in total. The number of hydrogen-bond donors (Lipinski definition) is 1. The third-order valence-electron chi connectivity index (χ3n) is 2.68. The smallest absolute Gasteiger partial charge is 0.141 e. The monoisotopic (exact) mass is 249 g/mol. The first-order valence-corrected chi connectivity index (χ1v) is 5.77. The van der Waals surface area contributed by atoms with Crippen LogP contribution in [-0.2, 0) is 0 Å². The second kappa shape index (κ2) is 4.86. The Kier molecular flexibility index (Phi) is 3.46. The van der Waals surface area contributed by atoms with Crippen LogP contribution in [0.4, 0.5) is 4.39 Å². The van der Waals surface area contributed by atoms with Crippen LogP contribution >= 0.6 is 11.6 Å². The van der Waals surface area contributed by atoms with Gasteiger partial charge in [0.25, 0.3) is 0 Å². The lowest BCUT2D eigenvalue weighted by Crippen LogP contribution is -2.06. The summed E-state index contributed by atoms with van der Waals surface area (Å²) >= 11 is 5.79. The van der Waals surface area contributed by atoms with Crippen molar-refractivity contribution in [3.8, 4) is 11.1 Å². The van der Waals surface area contributed by atoms with Crippen molar-refractivity contribution in [3.05, 3.63) is 58.9 Å². The van der Waals surface area contributed by atoms with Crippen LogP contribution in [0.5, 0.6) is 0 Å². The average molecular weight is 250 g/mol. The molecule has 0 aliphatic heterocycles. The molecule has 2 aromatic carbocycles. The van der Waals surface area contributed by atoms with Crippen LogP contribution in [0.1, 0.15) is 18.5 Å². The van der Waals surface area contributed by atoms with Crippen molar-refractivity contribution in [1.29, 1.82) is 0 Å². The Morgan fingerprint density at radius 1 is 1.18 bits per heavy atom. The SMILES string of the molecule is CC(N)c1ccccc1-c1ccc(F)c(Cl)c1. The lowest BCUT2D eigenvalue weighted by Gasteiger charge is -2.13.